The maximum atomic E-state index is 13.1. The largest absolute Gasteiger partial charge is 0.414 e. The Hall–Kier alpha value is -2.93. The highest BCUT2D eigenvalue weighted by Gasteiger charge is 2.40. The van der Waals surface area contributed by atoms with E-state index in [0.29, 0.717) is 0 Å². The number of alkyl halides is 2. The number of Topliss-reactive ketones (excluding diaryl/α,β-unsaturated/α-hetero) is 1. The van der Waals surface area contributed by atoms with Crippen LogP contribution in [0.1, 0.15) is 23.5 Å². The van der Waals surface area contributed by atoms with Crippen LogP contribution in [0.25, 0.3) is 0 Å². The number of carbonyl (C=O) groups excluding carboxylic acids is 1. The Morgan fingerprint density at radius 2 is 1.36 bits per heavy atom. The highest BCUT2D eigenvalue weighted by Crippen LogP contribution is 2.29. The van der Waals surface area contributed by atoms with Gasteiger partial charge in [0.1, 0.15) is 38.4 Å². The Labute approximate surface area is 167 Å². The fraction of sp³-hybridized carbons (Fsp3) is 0.462. The number of aromatic nitrogens is 4. The number of nitrogens with zero attached hydrogens (tertiary/aromatic N) is 6. The van der Waals surface area contributed by atoms with Gasteiger partial charge in [-0.3, -0.25) is 4.79 Å². The van der Waals surface area contributed by atoms with Crippen LogP contribution >= 0.6 is 23.2 Å². The summed E-state index contributed by atoms with van der Waals surface area (Å²) in [4.78, 5) is 51.0. The molecule has 13 nitrogen and oxygen atoms in total. The van der Waals surface area contributed by atoms with Crippen LogP contribution in [0, 0.1) is 20.2 Å². The number of imidazole rings is 2. The summed E-state index contributed by atoms with van der Waals surface area (Å²) in [7, 11) is 2.45. The van der Waals surface area contributed by atoms with Gasteiger partial charge in [0.2, 0.25) is 0 Å². The van der Waals surface area contributed by atoms with Crippen molar-refractivity contribution in [2.75, 3.05) is 26.0 Å². The van der Waals surface area contributed by atoms with E-state index in [-0.39, 0.29) is 23.4 Å². The molecule has 2 aromatic heterocycles. The highest BCUT2D eigenvalue weighted by molar-refractivity contribution is 6.22. The van der Waals surface area contributed by atoms with Crippen molar-refractivity contribution >= 4 is 40.6 Å². The van der Waals surface area contributed by atoms with E-state index >= 15 is 0 Å². The summed E-state index contributed by atoms with van der Waals surface area (Å²) < 4.78 is 1.89. The normalized spacial score (nSPS) is 13.0. The molecule has 0 saturated heterocycles. The van der Waals surface area contributed by atoms with Crippen LogP contribution < -0.4 is 9.68 Å². The third-order valence-electron chi connectivity index (χ3n) is 3.76. The van der Waals surface area contributed by atoms with E-state index < -0.39 is 39.1 Å². The SMILES string of the molecule is COn1cc([N+](=O)[O-])nc1C(CCl)C(=O)C(CCl)c1nc([N+](=O)[O-])cn1OC. The highest BCUT2D eigenvalue weighted by atomic mass is 35.5. The number of halogens is 2. The Kier molecular flexibility index (Phi) is 6.75. The standard InChI is InChI=1S/C13H14Cl2N6O7/c1-27-18-5-9(20(23)24)16-12(18)7(3-14)11(22)8(4-15)13-17-10(21(25)26)6-19(13)28-2/h5-8H,3-4H2,1-2H3. The zero-order valence-corrected chi connectivity index (χ0v) is 16.0. The van der Waals surface area contributed by atoms with Gasteiger partial charge in [0.25, 0.3) is 11.6 Å². The third-order valence-corrected chi connectivity index (χ3v) is 4.38. The first-order valence-corrected chi connectivity index (χ1v) is 8.57. The lowest BCUT2D eigenvalue weighted by atomic mass is 9.94. The number of carbonyl (C=O) groups is 1. The van der Waals surface area contributed by atoms with Crippen molar-refractivity contribution < 1.29 is 24.3 Å². The number of hydrogen-bond acceptors (Lipinski definition) is 9. The first kappa shape index (κ1) is 21.4. The molecule has 0 radical (unpaired) electrons. The molecular weight excluding hydrogens is 423 g/mol. The van der Waals surface area contributed by atoms with E-state index in [2.05, 4.69) is 9.97 Å². The average Bonchev–Trinajstić information content (AvgIpc) is 3.28. The summed E-state index contributed by atoms with van der Waals surface area (Å²) in [6, 6.07) is 0. The van der Waals surface area contributed by atoms with Crippen LogP contribution in [0.3, 0.4) is 0 Å². The number of ketones is 1. The maximum Gasteiger partial charge on any atom is 0.385 e. The number of nitro groups is 2. The zero-order chi connectivity index (χ0) is 21.0. The van der Waals surface area contributed by atoms with Crippen molar-refractivity contribution in [1.82, 2.24) is 19.4 Å². The first-order valence-electron chi connectivity index (χ1n) is 7.50. The second kappa shape index (κ2) is 8.84. The molecule has 0 saturated carbocycles. The van der Waals surface area contributed by atoms with Crippen molar-refractivity contribution in [1.29, 1.82) is 0 Å². The van der Waals surface area contributed by atoms with Crippen molar-refractivity contribution in [3.8, 4) is 0 Å². The van der Waals surface area contributed by atoms with Crippen molar-refractivity contribution in [3.63, 3.8) is 0 Å². The molecule has 15 heteroatoms. The smallest absolute Gasteiger partial charge is 0.385 e. The third kappa shape index (κ3) is 3.99. The second-order valence-electron chi connectivity index (χ2n) is 5.26. The molecule has 2 rings (SSSR count). The van der Waals surface area contributed by atoms with Crippen LogP contribution in [0.15, 0.2) is 12.4 Å². The molecule has 2 unspecified atom stereocenters. The molecule has 0 aliphatic rings. The van der Waals surface area contributed by atoms with Gasteiger partial charge < -0.3 is 29.9 Å². The molecule has 152 valence electrons. The molecule has 28 heavy (non-hydrogen) atoms. The van der Waals surface area contributed by atoms with E-state index in [9.17, 15) is 25.0 Å². The minimum atomic E-state index is -1.17. The van der Waals surface area contributed by atoms with Crippen molar-refractivity contribution in [2.24, 2.45) is 0 Å². The van der Waals surface area contributed by atoms with Crippen LogP contribution in [0.4, 0.5) is 11.6 Å². The molecule has 2 atom stereocenters. The lowest BCUT2D eigenvalue weighted by Crippen LogP contribution is -2.29. The molecule has 0 bridgehead atoms. The van der Waals surface area contributed by atoms with Gasteiger partial charge in [0.05, 0.1) is 0 Å². The van der Waals surface area contributed by atoms with Gasteiger partial charge in [-0.05, 0) is 19.8 Å². The first-order chi connectivity index (χ1) is 13.3. The quantitative estimate of drug-likeness (QED) is 0.299. The summed E-state index contributed by atoms with van der Waals surface area (Å²) in [5.74, 6) is -4.89. The summed E-state index contributed by atoms with van der Waals surface area (Å²) in [6.07, 6.45) is 1.97. The molecule has 0 aliphatic carbocycles. The summed E-state index contributed by atoms with van der Waals surface area (Å²) in [6.45, 7) is 0. The van der Waals surface area contributed by atoms with E-state index in [1.807, 2.05) is 0 Å². The lowest BCUT2D eigenvalue weighted by Gasteiger charge is -2.15. The Balaban J connectivity index is 2.48. The van der Waals surface area contributed by atoms with E-state index in [0.717, 1.165) is 21.9 Å². The summed E-state index contributed by atoms with van der Waals surface area (Å²) in [5.41, 5.74) is 0. The fourth-order valence-corrected chi connectivity index (χ4v) is 3.03. The van der Waals surface area contributed by atoms with E-state index in [1.165, 1.54) is 14.2 Å². The Bertz CT molecular complexity index is 828. The summed E-state index contributed by atoms with van der Waals surface area (Å²) >= 11 is 11.8. The van der Waals surface area contributed by atoms with Gasteiger partial charge in [-0.15, -0.1) is 32.7 Å². The van der Waals surface area contributed by atoms with E-state index in [1.54, 1.807) is 0 Å². The average molecular weight is 437 g/mol. The molecule has 0 aliphatic heterocycles. The Morgan fingerprint density at radius 1 is 1.00 bits per heavy atom. The van der Waals surface area contributed by atoms with Crippen LogP contribution in [-0.4, -0.2) is 61.0 Å². The van der Waals surface area contributed by atoms with Gasteiger partial charge in [-0.2, -0.15) is 0 Å². The van der Waals surface area contributed by atoms with Crippen LogP contribution in [0.5, 0.6) is 0 Å². The van der Waals surface area contributed by atoms with Gasteiger partial charge in [0, 0.05) is 11.8 Å². The minimum absolute atomic E-state index is 0.116. The molecule has 0 amide bonds. The zero-order valence-electron chi connectivity index (χ0n) is 14.5. The fourth-order valence-electron chi connectivity index (χ4n) is 2.45. The Morgan fingerprint density at radius 3 is 1.61 bits per heavy atom. The lowest BCUT2D eigenvalue weighted by molar-refractivity contribution is -0.389. The molecule has 0 spiro atoms. The predicted octanol–water partition coefficient (Wildman–Crippen LogP) is 0.927. The molecule has 0 aromatic carbocycles. The summed E-state index contributed by atoms with van der Waals surface area (Å²) in [5, 5.41) is 21.9. The molecule has 2 aromatic rings. The number of rotatable bonds is 10. The van der Waals surface area contributed by atoms with Crippen molar-refractivity contribution in [3.05, 3.63) is 44.3 Å². The van der Waals surface area contributed by atoms with Gasteiger partial charge in [-0.25, -0.2) is 0 Å². The van der Waals surface area contributed by atoms with Crippen LogP contribution in [0.2, 0.25) is 0 Å². The topological polar surface area (TPSA) is 157 Å². The second-order valence-corrected chi connectivity index (χ2v) is 5.88. The monoisotopic (exact) mass is 436 g/mol. The van der Waals surface area contributed by atoms with Gasteiger partial charge in [-0.1, -0.05) is 0 Å². The maximum absolute atomic E-state index is 13.1. The van der Waals surface area contributed by atoms with Crippen LogP contribution in [-0.2, 0) is 4.79 Å². The minimum Gasteiger partial charge on any atom is -0.414 e. The molecule has 0 N–H and O–H groups in total. The van der Waals surface area contributed by atoms with Gasteiger partial charge >= 0.3 is 11.6 Å². The molecule has 2 heterocycles. The number of hydrogen-bond donors (Lipinski definition) is 0. The predicted molar refractivity (Wildman–Crippen MR) is 94.7 cm³/mol. The molecular formula is C13H14Cl2N6O7. The van der Waals surface area contributed by atoms with Crippen molar-refractivity contribution in [2.45, 2.75) is 11.8 Å². The van der Waals surface area contributed by atoms with Gasteiger partial charge in [0.15, 0.2) is 5.78 Å². The van der Waals surface area contributed by atoms with E-state index in [4.69, 9.17) is 32.9 Å². The molecule has 0 fully saturated rings.